The number of methoxy groups -OCH3 is 3. The van der Waals surface area contributed by atoms with E-state index in [1.54, 1.807) is 21.3 Å². The minimum Gasteiger partial charge on any atom is -0.493 e. The van der Waals surface area contributed by atoms with Gasteiger partial charge in [-0.3, -0.25) is 0 Å². The predicted molar refractivity (Wildman–Crippen MR) is 66.5 cm³/mol. The topological polar surface area (TPSA) is 36.9 Å². The fourth-order valence-corrected chi connectivity index (χ4v) is 1.53. The summed E-state index contributed by atoms with van der Waals surface area (Å²) in [5, 5.41) is 0. The van der Waals surface area contributed by atoms with Crippen molar-refractivity contribution in [1.82, 2.24) is 0 Å². The van der Waals surface area contributed by atoms with Crippen LogP contribution in [0.25, 0.3) is 0 Å². The zero-order valence-corrected chi connectivity index (χ0v) is 11.0. The van der Waals surface area contributed by atoms with Crippen LogP contribution in [0.1, 0.15) is 5.56 Å². The predicted octanol–water partition coefficient (Wildman–Crippen LogP) is 2.47. The molecule has 17 heavy (non-hydrogen) atoms. The highest BCUT2D eigenvalue weighted by Crippen LogP contribution is 2.38. The molecular weight excluding hydrogens is 244 g/mol. The van der Waals surface area contributed by atoms with Crippen LogP contribution in [-0.4, -0.2) is 34.5 Å². The maximum Gasteiger partial charge on any atom is 0.203 e. The van der Waals surface area contributed by atoms with E-state index in [-0.39, 0.29) is 0 Å². The maximum atomic E-state index is 5.79. The van der Waals surface area contributed by atoms with Gasteiger partial charge < -0.3 is 18.9 Å². The highest BCUT2D eigenvalue weighted by atomic mass is 35.5. The fraction of sp³-hybridized carbons (Fsp3) is 0.500. The summed E-state index contributed by atoms with van der Waals surface area (Å²) in [7, 11) is 4.78. The van der Waals surface area contributed by atoms with E-state index in [0.29, 0.717) is 36.3 Å². The summed E-state index contributed by atoms with van der Waals surface area (Å²) in [5.41, 5.74) is 0.916. The number of rotatable bonds is 7. The molecule has 4 nitrogen and oxygen atoms in total. The van der Waals surface area contributed by atoms with Gasteiger partial charge in [-0.1, -0.05) is 0 Å². The van der Waals surface area contributed by atoms with Gasteiger partial charge >= 0.3 is 0 Å². The molecule has 0 aliphatic carbocycles. The Bertz CT molecular complexity index is 329. The summed E-state index contributed by atoms with van der Waals surface area (Å²) >= 11 is 5.79. The molecule has 0 amide bonds. The first-order valence-corrected chi connectivity index (χ1v) is 5.72. The largest absolute Gasteiger partial charge is 0.493 e. The molecule has 0 bridgehead atoms. The van der Waals surface area contributed by atoms with Gasteiger partial charge in [0, 0.05) is 13.0 Å². The molecule has 0 atom stereocenters. The Balaban J connectivity index is 2.98. The van der Waals surface area contributed by atoms with Gasteiger partial charge in [0.05, 0.1) is 20.8 Å². The van der Waals surface area contributed by atoms with Crippen LogP contribution in [0.2, 0.25) is 0 Å². The molecule has 0 aromatic heterocycles. The standard InChI is InChI=1S/C12H17ClO4/c1-14-4-5-17-12-10(15-2)6-9(8-13)7-11(12)16-3/h6-7H,4-5,8H2,1-3H3. The Morgan fingerprint density at radius 3 is 2.00 bits per heavy atom. The second kappa shape index (κ2) is 7.25. The molecular formula is C12H17ClO4. The second-order valence-corrected chi connectivity index (χ2v) is 3.57. The summed E-state index contributed by atoms with van der Waals surface area (Å²) in [6.07, 6.45) is 0. The van der Waals surface area contributed by atoms with Crippen LogP contribution < -0.4 is 14.2 Å². The molecule has 0 heterocycles. The van der Waals surface area contributed by atoms with Crippen molar-refractivity contribution < 1.29 is 18.9 Å². The highest BCUT2D eigenvalue weighted by molar-refractivity contribution is 6.17. The number of hydrogen-bond donors (Lipinski definition) is 0. The molecule has 0 fully saturated rings. The van der Waals surface area contributed by atoms with Crippen molar-refractivity contribution in [2.75, 3.05) is 34.5 Å². The molecule has 0 unspecified atom stereocenters. The molecule has 1 rings (SSSR count). The third-order valence-corrected chi connectivity index (χ3v) is 2.52. The number of halogens is 1. The second-order valence-electron chi connectivity index (χ2n) is 3.30. The minimum atomic E-state index is 0.394. The van der Waals surface area contributed by atoms with Gasteiger partial charge in [-0.25, -0.2) is 0 Å². The van der Waals surface area contributed by atoms with Crippen LogP contribution in [0.15, 0.2) is 12.1 Å². The van der Waals surface area contributed by atoms with E-state index in [9.17, 15) is 0 Å². The van der Waals surface area contributed by atoms with Gasteiger partial charge in [0.25, 0.3) is 0 Å². The maximum absolute atomic E-state index is 5.79. The van der Waals surface area contributed by atoms with E-state index in [0.717, 1.165) is 5.56 Å². The van der Waals surface area contributed by atoms with Crippen molar-refractivity contribution in [3.05, 3.63) is 17.7 Å². The van der Waals surface area contributed by atoms with E-state index in [1.165, 1.54) is 0 Å². The van der Waals surface area contributed by atoms with Crippen LogP contribution >= 0.6 is 11.6 Å². The average Bonchev–Trinajstić information content (AvgIpc) is 2.38. The van der Waals surface area contributed by atoms with Crippen LogP contribution in [0.3, 0.4) is 0 Å². The van der Waals surface area contributed by atoms with Gasteiger partial charge in [0.2, 0.25) is 5.75 Å². The zero-order chi connectivity index (χ0) is 12.7. The average molecular weight is 261 g/mol. The van der Waals surface area contributed by atoms with Gasteiger partial charge in [0.1, 0.15) is 6.61 Å². The van der Waals surface area contributed by atoms with Crippen molar-refractivity contribution >= 4 is 11.6 Å². The van der Waals surface area contributed by atoms with Crippen molar-refractivity contribution in [1.29, 1.82) is 0 Å². The Morgan fingerprint density at radius 1 is 1.00 bits per heavy atom. The molecule has 5 heteroatoms. The quantitative estimate of drug-likeness (QED) is 0.558. The van der Waals surface area contributed by atoms with Crippen molar-refractivity contribution in [2.24, 2.45) is 0 Å². The van der Waals surface area contributed by atoms with E-state index in [1.807, 2.05) is 12.1 Å². The molecule has 96 valence electrons. The third kappa shape index (κ3) is 3.68. The fourth-order valence-electron chi connectivity index (χ4n) is 1.38. The first-order chi connectivity index (χ1) is 8.26. The highest BCUT2D eigenvalue weighted by Gasteiger charge is 2.13. The number of alkyl halides is 1. The lowest BCUT2D eigenvalue weighted by atomic mass is 10.2. The Morgan fingerprint density at radius 2 is 1.59 bits per heavy atom. The molecule has 1 aromatic carbocycles. The lowest BCUT2D eigenvalue weighted by Crippen LogP contribution is -2.06. The Labute approximate surface area is 106 Å². The molecule has 0 N–H and O–H groups in total. The smallest absolute Gasteiger partial charge is 0.203 e. The molecule has 0 saturated carbocycles. The molecule has 0 aliphatic heterocycles. The van der Waals surface area contributed by atoms with E-state index < -0.39 is 0 Å². The van der Waals surface area contributed by atoms with Crippen molar-refractivity contribution in [2.45, 2.75) is 5.88 Å². The van der Waals surface area contributed by atoms with Gasteiger partial charge in [-0.05, 0) is 17.7 Å². The number of benzene rings is 1. The SMILES string of the molecule is COCCOc1c(OC)cc(CCl)cc1OC. The van der Waals surface area contributed by atoms with Crippen LogP contribution in [0.5, 0.6) is 17.2 Å². The first-order valence-electron chi connectivity index (χ1n) is 5.19. The van der Waals surface area contributed by atoms with E-state index >= 15 is 0 Å². The van der Waals surface area contributed by atoms with E-state index in [2.05, 4.69) is 0 Å². The number of ether oxygens (including phenoxy) is 4. The van der Waals surface area contributed by atoms with E-state index in [4.69, 9.17) is 30.5 Å². The molecule has 1 aromatic rings. The molecule has 0 spiro atoms. The van der Waals surface area contributed by atoms with Crippen LogP contribution in [0.4, 0.5) is 0 Å². The van der Waals surface area contributed by atoms with Gasteiger partial charge in [-0.15, -0.1) is 11.6 Å². The summed E-state index contributed by atoms with van der Waals surface area (Å²) in [6.45, 7) is 0.938. The molecule has 0 radical (unpaired) electrons. The zero-order valence-electron chi connectivity index (χ0n) is 10.3. The lowest BCUT2D eigenvalue weighted by molar-refractivity contribution is 0.142. The normalized spacial score (nSPS) is 10.1. The monoisotopic (exact) mass is 260 g/mol. The van der Waals surface area contributed by atoms with Crippen LogP contribution in [0, 0.1) is 0 Å². The van der Waals surface area contributed by atoms with Crippen molar-refractivity contribution in [3.8, 4) is 17.2 Å². The summed E-state index contributed by atoms with van der Waals surface area (Å²) < 4.78 is 21.0. The summed E-state index contributed by atoms with van der Waals surface area (Å²) in [6, 6.07) is 3.66. The Kier molecular flexibility index (Phi) is 5.94. The lowest BCUT2D eigenvalue weighted by Gasteiger charge is -2.15. The van der Waals surface area contributed by atoms with Gasteiger partial charge in [-0.2, -0.15) is 0 Å². The molecule has 0 aliphatic rings. The number of hydrogen-bond acceptors (Lipinski definition) is 4. The minimum absolute atomic E-state index is 0.394. The first kappa shape index (κ1) is 13.9. The summed E-state index contributed by atoms with van der Waals surface area (Å²) in [4.78, 5) is 0. The Hall–Kier alpha value is -1.13. The third-order valence-electron chi connectivity index (χ3n) is 2.21. The summed E-state index contributed by atoms with van der Waals surface area (Å²) in [5.74, 6) is 2.18. The van der Waals surface area contributed by atoms with Gasteiger partial charge in [0.15, 0.2) is 11.5 Å². The van der Waals surface area contributed by atoms with Crippen molar-refractivity contribution in [3.63, 3.8) is 0 Å². The molecule has 0 saturated heterocycles. The van der Waals surface area contributed by atoms with Crippen LogP contribution in [-0.2, 0) is 10.6 Å².